The van der Waals surface area contributed by atoms with Gasteiger partial charge in [0.1, 0.15) is 12.3 Å². The quantitative estimate of drug-likeness (QED) is 0.490. The van der Waals surface area contributed by atoms with E-state index in [1.807, 2.05) is 13.8 Å². The predicted octanol–water partition coefficient (Wildman–Crippen LogP) is 1.73. The van der Waals surface area contributed by atoms with E-state index < -0.39 is 23.6 Å². The summed E-state index contributed by atoms with van der Waals surface area (Å²) in [4.78, 5) is 34.8. The summed E-state index contributed by atoms with van der Waals surface area (Å²) in [5.41, 5.74) is 0. The Hall–Kier alpha value is -1.39. The van der Waals surface area contributed by atoms with Gasteiger partial charge in [-0.1, -0.05) is 13.8 Å². The molecule has 0 radical (unpaired) electrons. The SMILES string of the molecule is CCOC(=O)CC(=O)[C@H](CC(C)C)C(=O)OCC. The first kappa shape index (κ1) is 16.6. The zero-order chi connectivity index (χ0) is 14.1. The third kappa shape index (κ3) is 6.37. The molecule has 5 heteroatoms. The summed E-state index contributed by atoms with van der Waals surface area (Å²) < 4.78 is 9.55. The van der Waals surface area contributed by atoms with Crippen molar-refractivity contribution in [3.8, 4) is 0 Å². The molecule has 0 aliphatic carbocycles. The first-order valence-electron chi connectivity index (χ1n) is 6.27. The number of carbonyl (C=O) groups excluding carboxylic acids is 3. The molecule has 0 aliphatic rings. The van der Waals surface area contributed by atoms with Crippen LogP contribution in [0.25, 0.3) is 0 Å². The van der Waals surface area contributed by atoms with Crippen molar-refractivity contribution in [2.24, 2.45) is 11.8 Å². The van der Waals surface area contributed by atoms with E-state index in [1.165, 1.54) is 0 Å². The molecule has 5 nitrogen and oxygen atoms in total. The van der Waals surface area contributed by atoms with E-state index in [0.717, 1.165) is 0 Å². The normalized spacial score (nSPS) is 12.1. The lowest BCUT2D eigenvalue weighted by Crippen LogP contribution is -2.29. The molecule has 104 valence electrons. The molecule has 0 amide bonds. The van der Waals surface area contributed by atoms with Crippen LogP contribution in [0.3, 0.4) is 0 Å². The average Bonchev–Trinajstić information content (AvgIpc) is 2.25. The van der Waals surface area contributed by atoms with Gasteiger partial charge in [0.15, 0.2) is 5.78 Å². The molecule has 0 aromatic carbocycles. The van der Waals surface area contributed by atoms with Gasteiger partial charge in [-0.05, 0) is 26.2 Å². The second-order valence-corrected chi connectivity index (χ2v) is 4.38. The minimum Gasteiger partial charge on any atom is -0.466 e. The molecule has 0 bridgehead atoms. The van der Waals surface area contributed by atoms with Crippen LogP contribution in [0.1, 0.15) is 40.5 Å². The van der Waals surface area contributed by atoms with Crippen molar-refractivity contribution in [2.45, 2.75) is 40.5 Å². The molecule has 0 saturated heterocycles. The molecule has 0 heterocycles. The average molecular weight is 258 g/mol. The van der Waals surface area contributed by atoms with E-state index in [0.29, 0.717) is 6.42 Å². The summed E-state index contributed by atoms with van der Waals surface area (Å²) in [6.07, 6.45) is 0.0150. The maximum absolute atomic E-state index is 11.9. The Bertz CT molecular complexity index is 296. The summed E-state index contributed by atoms with van der Waals surface area (Å²) in [7, 11) is 0. The summed E-state index contributed by atoms with van der Waals surface area (Å²) in [6.45, 7) is 7.60. The zero-order valence-electron chi connectivity index (χ0n) is 11.5. The van der Waals surface area contributed by atoms with Crippen LogP contribution in [0.5, 0.6) is 0 Å². The van der Waals surface area contributed by atoms with Gasteiger partial charge in [0.25, 0.3) is 0 Å². The van der Waals surface area contributed by atoms with Crippen LogP contribution in [-0.4, -0.2) is 30.9 Å². The van der Waals surface area contributed by atoms with E-state index in [9.17, 15) is 14.4 Å². The fraction of sp³-hybridized carbons (Fsp3) is 0.769. The second kappa shape index (κ2) is 8.66. The maximum Gasteiger partial charge on any atom is 0.316 e. The van der Waals surface area contributed by atoms with Crippen LogP contribution in [0.2, 0.25) is 0 Å². The number of ether oxygens (including phenoxy) is 2. The van der Waals surface area contributed by atoms with E-state index in [2.05, 4.69) is 0 Å². The van der Waals surface area contributed by atoms with Crippen molar-refractivity contribution < 1.29 is 23.9 Å². The number of hydrogen-bond donors (Lipinski definition) is 0. The summed E-state index contributed by atoms with van der Waals surface area (Å²) in [5.74, 6) is -2.28. The number of esters is 2. The number of carbonyl (C=O) groups is 3. The van der Waals surface area contributed by atoms with Crippen LogP contribution < -0.4 is 0 Å². The van der Waals surface area contributed by atoms with Gasteiger partial charge in [0.2, 0.25) is 0 Å². The van der Waals surface area contributed by atoms with Crippen LogP contribution in [0.15, 0.2) is 0 Å². The Morgan fingerprint density at radius 1 is 1.00 bits per heavy atom. The van der Waals surface area contributed by atoms with Crippen molar-refractivity contribution in [2.75, 3.05) is 13.2 Å². The molecule has 0 saturated carbocycles. The third-order valence-electron chi connectivity index (χ3n) is 2.29. The van der Waals surface area contributed by atoms with Gasteiger partial charge in [-0.15, -0.1) is 0 Å². The Labute approximate surface area is 108 Å². The number of hydrogen-bond acceptors (Lipinski definition) is 5. The largest absolute Gasteiger partial charge is 0.466 e. The van der Waals surface area contributed by atoms with Crippen molar-refractivity contribution >= 4 is 17.7 Å². The smallest absolute Gasteiger partial charge is 0.316 e. The molecule has 0 unspecified atom stereocenters. The van der Waals surface area contributed by atoms with Gasteiger partial charge < -0.3 is 9.47 Å². The molecule has 0 rings (SSSR count). The van der Waals surface area contributed by atoms with Gasteiger partial charge in [-0.25, -0.2) is 0 Å². The van der Waals surface area contributed by atoms with Gasteiger partial charge in [0.05, 0.1) is 13.2 Å². The summed E-state index contributed by atoms with van der Waals surface area (Å²) >= 11 is 0. The summed E-state index contributed by atoms with van der Waals surface area (Å²) in [6, 6.07) is 0. The molecule has 0 aromatic heterocycles. The van der Waals surface area contributed by atoms with Crippen LogP contribution in [0, 0.1) is 11.8 Å². The third-order valence-corrected chi connectivity index (χ3v) is 2.29. The molecule has 0 fully saturated rings. The maximum atomic E-state index is 11.9. The van der Waals surface area contributed by atoms with Crippen molar-refractivity contribution in [3.63, 3.8) is 0 Å². The fourth-order valence-electron chi connectivity index (χ4n) is 1.55. The molecule has 0 aromatic rings. The highest BCUT2D eigenvalue weighted by atomic mass is 16.5. The predicted molar refractivity (Wildman–Crippen MR) is 65.8 cm³/mol. The van der Waals surface area contributed by atoms with Crippen molar-refractivity contribution in [1.29, 1.82) is 0 Å². The summed E-state index contributed by atoms with van der Waals surface area (Å²) in [5, 5.41) is 0. The minimum absolute atomic E-state index is 0.172. The number of Topliss-reactive ketones (excluding diaryl/α,β-unsaturated/α-hetero) is 1. The zero-order valence-corrected chi connectivity index (χ0v) is 11.5. The first-order chi connectivity index (χ1) is 8.42. The van der Waals surface area contributed by atoms with Gasteiger partial charge >= 0.3 is 11.9 Å². The van der Waals surface area contributed by atoms with E-state index in [-0.39, 0.29) is 25.6 Å². The second-order valence-electron chi connectivity index (χ2n) is 4.38. The molecule has 18 heavy (non-hydrogen) atoms. The highest BCUT2D eigenvalue weighted by Gasteiger charge is 2.30. The highest BCUT2D eigenvalue weighted by molar-refractivity contribution is 6.06. The number of rotatable bonds is 8. The fourth-order valence-corrected chi connectivity index (χ4v) is 1.55. The molecule has 0 aliphatic heterocycles. The van der Waals surface area contributed by atoms with Crippen LogP contribution in [-0.2, 0) is 23.9 Å². The Morgan fingerprint density at radius 3 is 2.00 bits per heavy atom. The van der Waals surface area contributed by atoms with Gasteiger partial charge in [-0.3, -0.25) is 14.4 Å². The van der Waals surface area contributed by atoms with Crippen LogP contribution in [0.4, 0.5) is 0 Å². The topological polar surface area (TPSA) is 69.7 Å². The molecule has 0 spiro atoms. The van der Waals surface area contributed by atoms with E-state index in [4.69, 9.17) is 9.47 Å². The Morgan fingerprint density at radius 2 is 1.56 bits per heavy atom. The Kier molecular flexibility index (Phi) is 8.00. The molecular formula is C13H22O5. The Balaban J connectivity index is 4.58. The number of ketones is 1. The van der Waals surface area contributed by atoms with E-state index in [1.54, 1.807) is 13.8 Å². The van der Waals surface area contributed by atoms with E-state index >= 15 is 0 Å². The lowest BCUT2D eigenvalue weighted by molar-refractivity contribution is -0.154. The standard InChI is InChI=1S/C13H22O5/c1-5-17-12(15)8-11(14)10(7-9(3)4)13(16)18-6-2/h9-10H,5-8H2,1-4H3/t10-/m0/s1. The molecule has 1 atom stereocenters. The first-order valence-corrected chi connectivity index (χ1v) is 6.27. The lowest BCUT2D eigenvalue weighted by atomic mass is 9.92. The lowest BCUT2D eigenvalue weighted by Gasteiger charge is -2.16. The van der Waals surface area contributed by atoms with Gasteiger partial charge in [0, 0.05) is 0 Å². The van der Waals surface area contributed by atoms with Crippen molar-refractivity contribution in [3.05, 3.63) is 0 Å². The minimum atomic E-state index is -0.866. The molecular weight excluding hydrogens is 236 g/mol. The van der Waals surface area contributed by atoms with Gasteiger partial charge in [-0.2, -0.15) is 0 Å². The molecule has 0 N–H and O–H groups in total. The highest BCUT2D eigenvalue weighted by Crippen LogP contribution is 2.16. The van der Waals surface area contributed by atoms with Crippen molar-refractivity contribution in [1.82, 2.24) is 0 Å². The monoisotopic (exact) mass is 258 g/mol. The van der Waals surface area contributed by atoms with Crippen LogP contribution >= 0.6 is 0 Å².